The summed E-state index contributed by atoms with van der Waals surface area (Å²) in [5.41, 5.74) is 14.9. The predicted octanol–water partition coefficient (Wildman–Crippen LogP) is 13.7. The van der Waals surface area contributed by atoms with Crippen molar-refractivity contribution in [2.24, 2.45) is 0 Å². The number of para-hydroxylation sites is 4. The van der Waals surface area contributed by atoms with E-state index in [1.165, 1.54) is 64.9 Å². The molecule has 14 aromatic rings. The fourth-order valence-electron chi connectivity index (χ4n) is 11.1. The monoisotopic (exact) mass is 874 g/mol. The van der Waals surface area contributed by atoms with E-state index in [-0.39, 0.29) is 0 Å². The summed E-state index contributed by atoms with van der Waals surface area (Å²) in [7, 11) is -2.24. The lowest BCUT2D eigenvalue weighted by Gasteiger charge is -2.24. The molecule has 7 heteroatoms. The summed E-state index contributed by atoms with van der Waals surface area (Å²) in [4.78, 5) is 9.50. The van der Waals surface area contributed by atoms with Gasteiger partial charge in [0.25, 0.3) is 0 Å². The first-order chi connectivity index (χ1) is 33.0. The highest BCUT2D eigenvalue weighted by Gasteiger charge is 2.29. The van der Waals surface area contributed by atoms with Gasteiger partial charge in [-0.25, -0.2) is 0 Å². The maximum atomic E-state index is 4.92. The average Bonchev–Trinajstić information content (AvgIpc) is 4.11. The van der Waals surface area contributed by atoms with Crippen LogP contribution in [-0.2, 0) is 0 Å². The van der Waals surface area contributed by atoms with Crippen molar-refractivity contribution in [1.29, 1.82) is 0 Å². The first kappa shape index (κ1) is 37.8. The van der Waals surface area contributed by atoms with Gasteiger partial charge >= 0.3 is 0 Å². The molecule has 0 spiro atoms. The van der Waals surface area contributed by atoms with Gasteiger partial charge in [0.1, 0.15) is 8.07 Å². The van der Waals surface area contributed by atoms with Crippen LogP contribution in [-0.4, -0.2) is 36.3 Å². The Morgan fingerprint density at radius 1 is 0.313 bits per heavy atom. The molecule has 8 aromatic carbocycles. The molecule has 0 amide bonds. The van der Waals surface area contributed by atoms with E-state index < -0.39 is 8.07 Å². The third kappa shape index (κ3) is 5.49. The Bertz CT molecular complexity index is 4030. The average molecular weight is 875 g/mol. The van der Waals surface area contributed by atoms with Gasteiger partial charge in [0.15, 0.2) is 0 Å². The largest absolute Gasteiger partial charge is 0.309 e. The minimum Gasteiger partial charge on any atom is -0.309 e. The number of hydrogen-bond acceptors (Lipinski definition) is 2. The van der Waals surface area contributed by atoms with Gasteiger partial charge in [-0.15, -0.1) is 0 Å². The third-order valence-corrected chi connectivity index (χ3v) is 17.9. The fourth-order valence-corrected chi connectivity index (χ4v) is 13.5. The Morgan fingerprint density at radius 2 is 0.746 bits per heavy atom. The molecule has 0 saturated carbocycles. The van der Waals surface area contributed by atoms with Gasteiger partial charge in [0.05, 0.1) is 49.7 Å². The lowest BCUT2D eigenvalue weighted by Crippen LogP contribution is -2.52. The molecule has 0 atom stereocenters. The number of rotatable bonds is 6. The SMILES string of the molecule is C[Si](C)(c1ccc2c(c1)c1ccccc1n2-c1ccc2c(c1)c1cnccc1n2-c1ccccc1)c1ccc2c(c1)c1ccccc1n2-c1ccc2c(c1)c1ncccc1n2-c1ccccc1. The Labute approximate surface area is 386 Å². The van der Waals surface area contributed by atoms with Crippen LogP contribution in [0.2, 0.25) is 13.1 Å². The van der Waals surface area contributed by atoms with E-state index in [4.69, 9.17) is 4.98 Å². The number of aromatic nitrogens is 6. The van der Waals surface area contributed by atoms with E-state index >= 15 is 0 Å². The molecule has 0 aliphatic heterocycles. The zero-order chi connectivity index (χ0) is 44.4. The highest BCUT2D eigenvalue weighted by Crippen LogP contribution is 2.39. The van der Waals surface area contributed by atoms with Gasteiger partial charge < -0.3 is 18.3 Å². The van der Waals surface area contributed by atoms with Crippen LogP contribution < -0.4 is 10.4 Å². The molecule has 316 valence electrons. The van der Waals surface area contributed by atoms with Gasteiger partial charge in [-0.1, -0.05) is 121 Å². The van der Waals surface area contributed by atoms with E-state index in [0.717, 1.165) is 55.6 Å². The highest BCUT2D eigenvalue weighted by molar-refractivity contribution is 7.00. The summed E-state index contributed by atoms with van der Waals surface area (Å²) < 4.78 is 9.55. The molecule has 0 radical (unpaired) electrons. The third-order valence-electron chi connectivity index (χ3n) is 14.4. The number of hydrogen-bond donors (Lipinski definition) is 0. The summed E-state index contributed by atoms with van der Waals surface area (Å²) in [6.45, 7) is 5.00. The minimum absolute atomic E-state index is 1.00. The zero-order valence-corrected chi connectivity index (χ0v) is 38.0. The molecule has 0 N–H and O–H groups in total. The first-order valence-corrected chi connectivity index (χ1v) is 26.0. The molecule has 0 unspecified atom stereocenters. The maximum absolute atomic E-state index is 4.92. The molecule has 0 saturated heterocycles. The van der Waals surface area contributed by atoms with Crippen molar-refractivity contribution < 1.29 is 0 Å². The second kappa shape index (κ2) is 14.2. The van der Waals surface area contributed by atoms with Crippen LogP contribution in [0, 0.1) is 0 Å². The van der Waals surface area contributed by atoms with E-state index in [9.17, 15) is 0 Å². The van der Waals surface area contributed by atoms with E-state index in [2.05, 4.69) is 230 Å². The Morgan fingerprint density at radius 3 is 1.34 bits per heavy atom. The summed E-state index contributed by atoms with van der Waals surface area (Å²) in [6, 6.07) is 73.5. The van der Waals surface area contributed by atoms with Crippen molar-refractivity contribution in [2.75, 3.05) is 0 Å². The number of fused-ring (bicyclic) bond motifs is 12. The van der Waals surface area contributed by atoms with Crippen molar-refractivity contribution in [3.8, 4) is 22.7 Å². The first-order valence-electron chi connectivity index (χ1n) is 23.0. The smallest absolute Gasteiger partial charge is 0.112 e. The van der Waals surface area contributed by atoms with Crippen LogP contribution in [0.1, 0.15) is 0 Å². The van der Waals surface area contributed by atoms with Crippen LogP contribution in [0.25, 0.3) is 110 Å². The summed E-state index contributed by atoms with van der Waals surface area (Å²) >= 11 is 0. The van der Waals surface area contributed by atoms with Crippen LogP contribution in [0.5, 0.6) is 0 Å². The minimum atomic E-state index is -2.24. The highest BCUT2D eigenvalue weighted by atomic mass is 28.3. The topological polar surface area (TPSA) is 45.5 Å². The molecule has 0 fully saturated rings. The predicted molar refractivity (Wildman–Crippen MR) is 283 cm³/mol. The van der Waals surface area contributed by atoms with Crippen molar-refractivity contribution in [1.82, 2.24) is 28.2 Å². The fraction of sp³-hybridized carbons (Fsp3) is 0.0333. The van der Waals surface area contributed by atoms with E-state index in [1.54, 1.807) is 0 Å². The Kier molecular flexibility index (Phi) is 8.03. The van der Waals surface area contributed by atoms with E-state index in [0.29, 0.717) is 0 Å². The van der Waals surface area contributed by atoms with Gasteiger partial charge in [0, 0.05) is 79.0 Å². The summed E-state index contributed by atoms with van der Waals surface area (Å²) in [5, 5.41) is 11.3. The summed E-state index contributed by atoms with van der Waals surface area (Å²) in [6.07, 6.45) is 5.79. The zero-order valence-electron chi connectivity index (χ0n) is 37.0. The van der Waals surface area contributed by atoms with Gasteiger partial charge in [-0.3, -0.25) is 9.97 Å². The standard InChI is InChI=1S/C60H42N6Si/c1-67(2,43-25-29-55-48(36-43)45-18-9-11-20-52(45)65(55)41-23-27-54-47(34-41)51-38-61-33-31-58(51)63(54)39-14-5-3-6-15-39)44-26-30-56-49(37-44)46-19-10-12-21-53(46)66(56)42-24-28-57-50(35-42)60-59(22-13-32-62-60)64(57)40-16-7-4-8-17-40/h3-38H,1-2H3. The van der Waals surface area contributed by atoms with Crippen molar-refractivity contribution >= 4 is 106 Å². The quantitative estimate of drug-likeness (QED) is 0.156. The van der Waals surface area contributed by atoms with Crippen molar-refractivity contribution in [3.63, 3.8) is 0 Å². The second-order valence-corrected chi connectivity index (χ2v) is 22.7. The molecular formula is C60H42N6Si. The molecular weight excluding hydrogens is 833 g/mol. The number of nitrogens with zero attached hydrogens (tertiary/aromatic N) is 6. The Hall–Kier alpha value is -8.52. The van der Waals surface area contributed by atoms with Crippen LogP contribution in [0.3, 0.4) is 0 Å². The molecule has 0 bridgehead atoms. The molecule has 67 heavy (non-hydrogen) atoms. The lowest BCUT2D eigenvalue weighted by molar-refractivity contribution is 1.16. The molecule has 6 nitrogen and oxygen atoms in total. The normalized spacial score (nSPS) is 12.3. The van der Waals surface area contributed by atoms with Crippen LogP contribution in [0.4, 0.5) is 0 Å². The molecule has 0 aliphatic carbocycles. The van der Waals surface area contributed by atoms with Gasteiger partial charge in [-0.2, -0.15) is 0 Å². The Balaban J connectivity index is 0.895. The van der Waals surface area contributed by atoms with Gasteiger partial charge in [-0.05, 0) is 103 Å². The van der Waals surface area contributed by atoms with E-state index in [1.807, 2.05) is 24.7 Å². The van der Waals surface area contributed by atoms with Crippen molar-refractivity contribution in [2.45, 2.75) is 13.1 Å². The number of benzene rings is 8. The molecule has 6 aromatic heterocycles. The number of pyridine rings is 2. The van der Waals surface area contributed by atoms with Crippen LogP contribution in [0.15, 0.2) is 219 Å². The van der Waals surface area contributed by atoms with Crippen LogP contribution >= 0.6 is 0 Å². The molecule has 6 heterocycles. The van der Waals surface area contributed by atoms with Crippen molar-refractivity contribution in [3.05, 3.63) is 219 Å². The summed E-state index contributed by atoms with van der Waals surface area (Å²) in [5.74, 6) is 0. The maximum Gasteiger partial charge on any atom is 0.112 e. The second-order valence-electron chi connectivity index (χ2n) is 18.3. The lowest BCUT2D eigenvalue weighted by atomic mass is 10.1. The van der Waals surface area contributed by atoms with Gasteiger partial charge in [0.2, 0.25) is 0 Å². The molecule has 0 aliphatic rings. The molecule has 14 rings (SSSR count).